The van der Waals surface area contributed by atoms with Gasteiger partial charge in [-0.15, -0.1) is 0 Å². The number of halogens is 2. The van der Waals surface area contributed by atoms with E-state index in [-0.39, 0.29) is 12.0 Å². The van der Waals surface area contributed by atoms with Crippen LogP contribution in [-0.4, -0.2) is 83.3 Å². The first-order valence-electron chi connectivity index (χ1n) is 13.5. The molecule has 0 unspecified atom stereocenters. The van der Waals surface area contributed by atoms with Crippen LogP contribution in [0.25, 0.3) is 0 Å². The van der Waals surface area contributed by atoms with Crippen molar-refractivity contribution >= 4 is 29.1 Å². The summed E-state index contributed by atoms with van der Waals surface area (Å²) in [4.78, 5) is 28.1. The lowest BCUT2D eigenvalue weighted by Crippen LogP contribution is -2.60. The minimum absolute atomic E-state index is 0.0292. The summed E-state index contributed by atoms with van der Waals surface area (Å²) in [5.74, 6) is 1.19. The molecule has 1 aliphatic carbocycles. The molecule has 198 valence electrons. The molecule has 7 nitrogen and oxygen atoms in total. The largest absolute Gasteiger partial charge is 0.379 e. The van der Waals surface area contributed by atoms with Crippen LogP contribution in [0.4, 0.5) is 0 Å². The van der Waals surface area contributed by atoms with Gasteiger partial charge in [-0.25, -0.2) is 9.97 Å². The number of ether oxygens (including phenoxy) is 2. The third-order valence-electron chi connectivity index (χ3n) is 8.36. The van der Waals surface area contributed by atoms with Gasteiger partial charge in [0.05, 0.1) is 35.1 Å². The molecule has 3 aliphatic heterocycles. The lowest BCUT2D eigenvalue weighted by Gasteiger charge is -2.49. The molecule has 2 atom stereocenters. The Morgan fingerprint density at radius 3 is 2.59 bits per heavy atom. The van der Waals surface area contributed by atoms with E-state index in [0.29, 0.717) is 46.8 Å². The second-order valence-electron chi connectivity index (χ2n) is 10.8. The molecule has 9 heteroatoms. The van der Waals surface area contributed by atoms with Gasteiger partial charge in [0.2, 0.25) is 0 Å². The molecular formula is C28H34Cl2N4O3. The molecule has 0 radical (unpaired) electrons. The number of carbonyl (C=O) groups is 1. The maximum absolute atomic E-state index is 13.8. The summed E-state index contributed by atoms with van der Waals surface area (Å²) in [5, 5.41) is 1.06. The van der Waals surface area contributed by atoms with Crippen molar-refractivity contribution in [3.05, 3.63) is 56.6 Å². The molecule has 0 bridgehead atoms. The van der Waals surface area contributed by atoms with Crippen LogP contribution in [0.1, 0.15) is 71.2 Å². The van der Waals surface area contributed by atoms with Crippen molar-refractivity contribution in [2.24, 2.45) is 0 Å². The van der Waals surface area contributed by atoms with Gasteiger partial charge in [0.25, 0.3) is 5.91 Å². The molecular weight excluding hydrogens is 511 g/mol. The normalized spacial score (nSPS) is 25.2. The number of nitrogens with zero attached hydrogens (tertiary/aromatic N) is 4. The monoisotopic (exact) mass is 544 g/mol. The number of hydrogen-bond donors (Lipinski definition) is 0. The number of piperidine rings is 1. The van der Waals surface area contributed by atoms with Crippen LogP contribution in [0.5, 0.6) is 0 Å². The Labute approximate surface area is 228 Å². The Kier molecular flexibility index (Phi) is 7.43. The third kappa shape index (κ3) is 5.39. The summed E-state index contributed by atoms with van der Waals surface area (Å²) in [5.41, 5.74) is 3.34. The van der Waals surface area contributed by atoms with Crippen LogP contribution in [0.2, 0.25) is 10.0 Å². The SMILES string of the molecule is Cc1c(Cc2ccc(Cl)c(Cl)c2)nc(C2CC2)nc1C(=O)N1CCC(N2CCO[C@H]3COCC[C@H]32)CC1. The summed E-state index contributed by atoms with van der Waals surface area (Å²) in [6.07, 6.45) is 5.92. The van der Waals surface area contributed by atoms with Crippen LogP contribution >= 0.6 is 23.2 Å². The first kappa shape index (κ1) is 25.5. The second-order valence-corrected chi connectivity index (χ2v) is 11.6. The number of fused-ring (bicyclic) bond motifs is 1. The van der Waals surface area contributed by atoms with E-state index >= 15 is 0 Å². The molecule has 37 heavy (non-hydrogen) atoms. The fourth-order valence-electron chi connectivity index (χ4n) is 6.05. The van der Waals surface area contributed by atoms with E-state index < -0.39 is 0 Å². The molecule has 1 aromatic carbocycles. The molecule has 3 saturated heterocycles. The minimum Gasteiger partial charge on any atom is -0.379 e. The number of hydrogen-bond acceptors (Lipinski definition) is 6. The van der Waals surface area contributed by atoms with E-state index in [0.717, 1.165) is 87.6 Å². The smallest absolute Gasteiger partial charge is 0.272 e. The fourth-order valence-corrected chi connectivity index (χ4v) is 6.37. The van der Waals surface area contributed by atoms with Crippen molar-refractivity contribution in [3.8, 4) is 0 Å². The zero-order chi connectivity index (χ0) is 25.5. The number of morpholine rings is 1. The zero-order valence-electron chi connectivity index (χ0n) is 21.3. The van der Waals surface area contributed by atoms with Gasteiger partial charge in [-0.2, -0.15) is 0 Å². The van der Waals surface area contributed by atoms with Gasteiger partial charge < -0.3 is 14.4 Å². The van der Waals surface area contributed by atoms with Crippen LogP contribution in [0.3, 0.4) is 0 Å². The molecule has 2 aromatic rings. The van der Waals surface area contributed by atoms with E-state index in [2.05, 4.69) is 4.90 Å². The van der Waals surface area contributed by atoms with Crippen LogP contribution < -0.4 is 0 Å². The predicted molar refractivity (Wildman–Crippen MR) is 143 cm³/mol. The standard InChI is InChI=1S/C28H34Cl2N4O3/c1-17-23(15-18-2-5-21(29)22(30)14-18)31-27(19-3-4-19)32-26(17)28(35)33-9-6-20(7-10-33)34-11-13-37-25-16-36-12-8-24(25)34/h2,5,14,19-20,24-25H,3-4,6-13,15-16H2,1H3/t24-,25+/m1/s1. The summed E-state index contributed by atoms with van der Waals surface area (Å²) in [7, 11) is 0. The van der Waals surface area contributed by atoms with Crippen molar-refractivity contribution < 1.29 is 14.3 Å². The van der Waals surface area contributed by atoms with E-state index in [4.69, 9.17) is 42.6 Å². The molecule has 4 aliphatic rings. The highest BCUT2D eigenvalue weighted by atomic mass is 35.5. The predicted octanol–water partition coefficient (Wildman–Crippen LogP) is 4.65. The maximum Gasteiger partial charge on any atom is 0.272 e. The first-order valence-corrected chi connectivity index (χ1v) is 14.3. The number of carbonyl (C=O) groups excluding carboxylic acids is 1. The topological polar surface area (TPSA) is 67.8 Å². The van der Waals surface area contributed by atoms with Gasteiger partial charge in [-0.1, -0.05) is 29.3 Å². The van der Waals surface area contributed by atoms with Crippen LogP contribution in [-0.2, 0) is 15.9 Å². The second kappa shape index (κ2) is 10.8. The van der Waals surface area contributed by atoms with Crippen molar-refractivity contribution in [3.63, 3.8) is 0 Å². The number of amides is 1. The van der Waals surface area contributed by atoms with Crippen LogP contribution in [0.15, 0.2) is 18.2 Å². The van der Waals surface area contributed by atoms with Crippen molar-refractivity contribution in [1.82, 2.24) is 19.8 Å². The van der Waals surface area contributed by atoms with Crippen molar-refractivity contribution in [2.45, 2.75) is 69.6 Å². The number of aromatic nitrogens is 2. The maximum atomic E-state index is 13.8. The quantitative estimate of drug-likeness (QED) is 0.545. The van der Waals surface area contributed by atoms with Gasteiger partial charge in [0, 0.05) is 56.2 Å². The highest BCUT2D eigenvalue weighted by molar-refractivity contribution is 6.42. The van der Waals surface area contributed by atoms with E-state index in [1.165, 1.54) is 0 Å². The molecule has 6 rings (SSSR count). The Bertz CT molecular complexity index is 1160. The fraction of sp³-hybridized carbons (Fsp3) is 0.607. The molecule has 4 fully saturated rings. The molecule has 1 aromatic heterocycles. The summed E-state index contributed by atoms with van der Waals surface area (Å²) in [6, 6.07) is 6.57. The number of likely N-dealkylation sites (tertiary alicyclic amines) is 1. The third-order valence-corrected chi connectivity index (χ3v) is 9.10. The zero-order valence-corrected chi connectivity index (χ0v) is 22.8. The Balaban J connectivity index is 1.18. The minimum atomic E-state index is 0.0292. The molecule has 0 spiro atoms. The summed E-state index contributed by atoms with van der Waals surface area (Å²) >= 11 is 12.4. The first-order chi connectivity index (χ1) is 18.0. The molecule has 4 heterocycles. The highest BCUT2D eigenvalue weighted by Gasteiger charge is 2.40. The van der Waals surface area contributed by atoms with E-state index in [9.17, 15) is 4.79 Å². The Morgan fingerprint density at radius 1 is 1.03 bits per heavy atom. The lowest BCUT2D eigenvalue weighted by atomic mass is 9.95. The van der Waals surface area contributed by atoms with Crippen LogP contribution in [0, 0.1) is 6.92 Å². The van der Waals surface area contributed by atoms with Gasteiger partial charge in [-0.3, -0.25) is 9.69 Å². The Morgan fingerprint density at radius 2 is 1.84 bits per heavy atom. The number of benzene rings is 1. The van der Waals surface area contributed by atoms with E-state index in [1.807, 2.05) is 30.0 Å². The van der Waals surface area contributed by atoms with Crippen molar-refractivity contribution in [2.75, 3.05) is 39.5 Å². The average Bonchev–Trinajstić information content (AvgIpc) is 3.77. The van der Waals surface area contributed by atoms with Gasteiger partial charge in [0.1, 0.15) is 11.5 Å². The van der Waals surface area contributed by atoms with Gasteiger partial charge >= 0.3 is 0 Å². The Hall–Kier alpha value is -1.77. The summed E-state index contributed by atoms with van der Waals surface area (Å²) < 4.78 is 11.6. The lowest BCUT2D eigenvalue weighted by molar-refractivity contribution is -0.148. The highest BCUT2D eigenvalue weighted by Crippen LogP contribution is 2.39. The average molecular weight is 546 g/mol. The van der Waals surface area contributed by atoms with Crippen molar-refractivity contribution in [1.29, 1.82) is 0 Å². The molecule has 0 N–H and O–H groups in total. The molecule has 1 saturated carbocycles. The van der Waals surface area contributed by atoms with Gasteiger partial charge in [0.15, 0.2) is 0 Å². The van der Waals surface area contributed by atoms with Gasteiger partial charge in [-0.05, 0) is 56.7 Å². The molecule has 1 amide bonds. The summed E-state index contributed by atoms with van der Waals surface area (Å²) in [6.45, 7) is 6.70. The number of rotatable bonds is 5. The van der Waals surface area contributed by atoms with E-state index in [1.54, 1.807) is 0 Å².